The second kappa shape index (κ2) is 18.9. The van der Waals surface area contributed by atoms with E-state index >= 15 is 0 Å². The first-order chi connectivity index (χ1) is 31.2. The lowest BCUT2D eigenvalue weighted by atomic mass is 9.85. The van der Waals surface area contributed by atoms with Crippen molar-refractivity contribution in [3.05, 3.63) is 140 Å². The first-order valence-corrected chi connectivity index (χ1v) is 23.1. The first kappa shape index (κ1) is 43.7. The largest absolute Gasteiger partial charge is 0.396 e. The number of hydrogen-bond acceptors (Lipinski definition) is 10. The summed E-state index contributed by atoms with van der Waals surface area (Å²) in [5.41, 5.74) is 5.05. The van der Waals surface area contributed by atoms with Crippen molar-refractivity contribution in [2.45, 2.75) is 115 Å². The van der Waals surface area contributed by atoms with Gasteiger partial charge >= 0.3 is 0 Å². The summed E-state index contributed by atoms with van der Waals surface area (Å²) in [5, 5.41) is 27.2. The van der Waals surface area contributed by atoms with E-state index in [1.165, 1.54) is 0 Å². The van der Waals surface area contributed by atoms with Gasteiger partial charge in [0.15, 0.2) is 0 Å². The summed E-state index contributed by atoms with van der Waals surface area (Å²) in [4.78, 5) is 66.4. The normalized spacial score (nSPS) is 27.3. The summed E-state index contributed by atoms with van der Waals surface area (Å²) < 4.78 is 3.65. The van der Waals surface area contributed by atoms with Crippen LogP contribution >= 0.6 is 0 Å². The number of hydrogen-bond donors (Lipinski definition) is 4. The van der Waals surface area contributed by atoms with Crippen LogP contribution in [-0.4, -0.2) is 88.3 Å². The molecule has 0 unspecified atom stereocenters. The fraction of sp³-hybridized carbons (Fsp3) is 0.480. The average molecular weight is 869 g/mol. The number of carbonyl (C=O) groups is 2. The molecule has 0 aromatic carbocycles. The Labute approximate surface area is 373 Å². The molecule has 64 heavy (non-hydrogen) atoms. The van der Waals surface area contributed by atoms with Crippen molar-refractivity contribution in [3.63, 3.8) is 0 Å². The van der Waals surface area contributed by atoms with Crippen molar-refractivity contribution in [2.75, 3.05) is 13.2 Å². The van der Waals surface area contributed by atoms with E-state index in [4.69, 9.17) is 0 Å². The topological polar surface area (TPSA) is 175 Å². The molecule has 4 aliphatic heterocycles. The van der Waals surface area contributed by atoms with E-state index in [9.17, 15) is 29.4 Å². The number of allylic oxidation sites excluding steroid dienone is 2. The van der Waals surface area contributed by atoms with Gasteiger partial charge in [0.1, 0.15) is 0 Å². The van der Waals surface area contributed by atoms with Crippen molar-refractivity contribution in [2.24, 2.45) is 23.7 Å². The molecular formula is C50H60N8O6. The van der Waals surface area contributed by atoms with Gasteiger partial charge in [-0.1, -0.05) is 36.4 Å². The lowest BCUT2D eigenvalue weighted by Gasteiger charge is -2.38. The number of pyridine rings is 4. The Hall–Kier alpha value is -5.54. The van der Waals surface area contributed by atoms with Crippen LogP contribution in [0.25, 0.3) is 12.2 Å². The van der Waals surface area contributed by atoms with Crippen molar-refractivity contribution in [1.82, 2.24) is 39.5 Å². The number of fused-ring (bicyclic) bond motifs is 8. The molecule has 4 fully saturated rings. The molecule has 4 aromatic rings. The van der Waals surface area contributed by atoms with Crippen LogP contribution in [0.5, 0.6) is 0 Å². The number of nitrogens with one attached hydrogen (secondary N) is 2. The monoisotopic (exact) mass is 868 g/mol. The van der Waals surface area contributed by atoms with Crippen LogP contribution in [-0.2, 0) is 35.8 Å². The third-order valence-electron chi connectivity index (χ3n) is 14.8. The Morgan fingerprint density at radius 1 is 0.656 bits per heavy atom. The minimum absolute atomic E-state index is 0.00383. The highest BCUT2D eigenvalue weighted by Crippen LogP contribution is 2.50. The van der Waals surface area contributed by atoms with Gasteiger partial charge in [-0.3, -0.25) is 38.9 Å². The molecule has 6 aliphatic rings. The van der Waals surface area contributed by atoms with Crippen LogP contribution in [0.3, 0.4) is 0 Å². The van der Waals surface area contributed by atoms with E-state index in [1.54, 1.807) is 12.4 Å². The Kier molecular flexibility index (Phi) is 12.9. The number of amides is 2. The predicted octanol–water partition coefficient (Wildman–Crippen LogP) is 4.22. The van der Waals surface area contributed by atoms with Gasteiger partial charge in [-0.2, -0.15) is 0 Å². The van der Waals surface area contributed by atoms with Crippen LogP contribution in [0.4, 0.5) is 0 Å². The molecule has 2 aliphatic carbocycles. The maximum absolute atomic E-state index is 13.5. The van der Waals surface area contributed by atoms with E-state index in [1.807, 2.05) is 108 Å². The molecule has 2 saturated heterocycles. The smallest absolute Gasteiger partial charge is 0.258 e. The van der Waals surface area contributed by atoms with E-state index in [2.05, 4.69) is 30.4 Å². The van der Waals surface area contributed by atoms with Gasteiger partial charge < -0.3 is 30.0 Å². The average Bonchev–Trinajstić information content (AvgIpc) is 3.61. The number of aliphatic hydroxyl groups excluding tert-OH is 2. The fourth-order valence-electron chi connectivity index (χ4n) is 11.2. The molecule has 2 amide bonds. The SMILES string of the molecule is C/C=C/c1ccc2n(c1=O)C[C@H]1[C@H](CO)[C@@H](C(=O)NC3CCC3)[C@@H]2N1Cc1cccnc1.C/C=C\c1ccc2n(c1=O)C[C@H]1[C@H](CO)[C@@H](C(=O)NC3CCC3)[C@@H]2N1Cc1cccnc1. The molecule has 2 saturated carbocycles. The zero-order chi connectivity index (χ0) is 44.5. The van der Waals surface area contributed by atoms with Crippen LogP contribution in [0, 0.1) is 23.7 Å². The maximum Gasteiger partial charge on any atom is 0.258 e. The van der Waals surface area contributed by atoms with Crippen LogP contribution in [0.15, 0.2) is 95.1 Å². The van der Waals surface area contributed by atoms with Crippen molar-refractivity contribution < 1.29 is 19.8 Å². The summed E-state index contributed by atoms with van der Waals surface area (Å²) in [5.74, 6) is -1.28. The third-order valence-corrected chi connectivity index (χ3v) is 14.8. The minimum Gasteiger partial charge on any atom is -0.396 e. The molecule has 4 aromatic heterocycles. The van der Waals surface area contributed by atoms with Crippen molar-refractivity contribution >= 4 is 24.0 Å². The van der Waals surface area contributed by atoms with Gasteiger partial charge in [-0.15, -0.1) is 0 Å². The van der Waals surface area contributed by atoms with Crippen LogP contribution < -0.4 is 21.8 Å². The number of aromatic nitrogens is 4. The van der Waals surface area contributed by atoms with E-state index in [0.717, 1.165) is 61.0 Å². The minimum atomic E-state index is -0.400. The first-order valence-electron chi connectivity index (χ1n) is 23.1. The zero-order valence-corrected chi connectivity index (χ0v) is 36.7. The summed E-state index contributed by atoms with van der Waals surface area (Å²) >= 11 is 0. The Morgan fingerprint density at radius 3 is 1.41 bits per heavy atom. The number of nitrogens with zero attached hydrogens (tertiary/aromatic N) is 6. The van der Waals surface area contributed by atoms with Gasteiger partial charge in [0.05, 0.1) is 23.9 Å². The van der Waals surface area contributed by atoms with Crippen LogP contribution in [0.2, 0.25) is 0 Å². The van der Waals surface area contributed by atoms with E-state index < -0.39 is 11.8 Å². The molecule has 8 atom stereocenters. The second-order valence-electron chi connectivity index (χ2n) is 18.4. The van der Waals surface area contributed by atoms with Gasteiger partial charge in [-0.05, 0) is 99.9 Å². The fourth-order valence-corrected chi connectivity index (χ4v) is 11.2. The summed E-state index contributed by atoms with van der Waals surface area (Å²) in [7, 11) is 0. The maximum atomic E-state index is 13.5. The molecule has 14 nitrogen and oxygen atoms in total. The molecule has 336 valence electrons. The zero-order valence-electron chi connectivity index (χ0n) is 36.7. The molecule has 10 rings (SSSR count). The predicted molar refractivity (Wildman–Crippen MR) is 243 cm³/mol. The number of rotatable bonds is 12. The Morgan fingerprint density at radius 2 is 1.08 bits per heavy atom. The molecule has 14 heteroatoms. The van der Waals surface area contributed by atoms with Gasteiger partial charge in [0.2, 0.25) is 11.8 Å². The Balaban J connectivity index is 0.000000162. The number of aliphatic hydroxyl groups is 2. The van der Waals surface area contributed by atoms with E-state index in [0.29, 0.717) is 37.3 Å². The molecular weight excluding hydrogens is 809 g/mol. The third kappa shape index (κ3) is 8.10. The highest BCUT2D eigenvalue weighted by Gasteiger charge is 2.57. The molecule has 4 bridgehead atoms. The molecule has 0 radical (unpaired) electrons. The summed E-state index contributed by atoms with van der Waals surface area (Å²) in [6.45, 7) is 5.80. The lowest BCUT2D eigenvalue weighted by molar-refractivity contribution is -0.129. The highest BCUT2D eigenvalue weighted by molar-refractivity contribution is 5.82. The molecule has 4 N–H and O–H groups in total. The van der Waals surface area contributed by atoms with Crippen LogP contribution in [0.1, 0.15) is 98.1 Å². The van der Waals surface area contributed by atoms with Gasteiger partial charge in [-0.25, -0.2) is 0 Å². The van der Waals surface area contributed by atoms with Crippen molar-refractivity contribution in [1.29, 1.82) is 0 Å². The second-order valence-corrected chi connectivity index (χ2v) is 18.4. The highest BCUT2D eigenvalue weighted by atomic mass is 16.3. The molecule has 0 spiro atoms. The summed E-state index contributed by atoms with van der Waals surface area (Å²) in [6.07, 6.45) is 20.9. The summed E-state index contributed by atoms with van der Waals surface area (Å²) in [6, 6.07) is 15.3. The quantitative estimate of drug-likeness (QED) is 0.162. The lowest BCUT2D eigenvalue weighted by Crippen LogP contribution is -2.47. The van der Waals surface area contributed by atoms with Gasteiger partial charge in [0.25, 0.3) is 11.1 Å². The number of carbonyl (C=O) groups excluding carboxylic acids is 2. The Bertz CT molecular complexity index is 2330. The van der Waals surface area contributed by atoms with Crippen molar-refractivity contribution in [3.8, 4) is 0 Å². The van der Waals surface area contributed by atoms with E-state index in [-0.39, 0.29) is 84.2 Å². The standard InChI is InChI=1S/2C25H30N4O3/c2*1-2-5-17-9-10-20-23-22(24(31)27-18-7-3-8-18)19(15-30)21(14-29(20)25(17)32)28(23)13-16-6-4-11-26-12-16/h2*2,4-6,9-12,18-19,21-23,30H,3,7-8,13-15H2,1H3,(H,27,31)/b5-2+;5-2-/t2*19-,21-,22+,23+/m00/s1. The van der Waals surface area contributed by atoms with Gasteiger partial charge in [0, 0.05) is 123 Å². The molecule has 8 heterocycles.